The van der Waals surface area contributed by atoms with E-state index in [2.05, 4.69) is 15.4 Å². The van der Waals surface area contributed by atoms with E-state index >= 15 is 0 Å². The number of hydrogen-bond donors (Lipinski definition) is 3. The SMILES string of the molecule is Cc1cc(-n2cncn2)cc(C(=O)O)c1NC1=CC(=O)N(CCO)C1=O. The third kappa shape index (κ3) is 3.05. The molecule has 1 aromatic carbocycles. The lowest BCUT2D eigenvalue weighted by Crippen LogP contribution is -2.34. The lowest BCUT2D eigenvalue weighted by molar-refractivity contribution is -0.137. The topological polar surface area (TPSA) is 138 Å². The quantitative estimate of drug-likeness (QED) is 0.611. The monoisotopic (exact) mass is 357 g/mol. The molecule has 1 aromatic heterocycles. The van der Waals surface area contributed by atoms with Crippen LogP contribution < -0.4 is 5.32 Å². The van der Waals surface area contributed by atoms with Gasteiger partial charge in [0.05, 0.1) is 30.1 Å². The number of benzene rings is 1. The molecule has 2 aromatic rings. The van der Waals surface area contributed by atoms with Crippen LogP contribution in [0.5, 0.6) is 0 Å². The van der Waals surface area contributed by atoms with E-state index in [9.17, 15) is 19.5 Å². The van der Waals surface area contributed by atoms with Crippen LogP contribution in [-0.4, -0.2) is 60.8 Å². The number of β-amino-alcohol motifs (C(OH)–C–C–N with tert-alkyl or cyclic N) is 1. The molecule has 26 heavy (non-hydrogen) atoms. The van der Waals surface area contributed by atoms with Crippen molar-refractivity contribution in [3.8, 4) is 5.69 Å². The van der Waals surface area contributed by atoms with Crippen LogP contribution in [-0.2, 0) is 9.59 Å². The summed E-state index contributed by atoms with van der Waals surface area (Å²) in [6.07, 6.45) is 3.83. The average Bonchev–Trinajstić information content (AvgIpc) is 3.21. The first-order chi connectivity index (χ1) is 12.4. The maximum atomic E-state index is 12.2. The van der Waals surface area contributed by atoms with Gasteiger partial charge in [0.2, 0.25) is 0 Å². The first-order valence-electron chi connectivity index (χ1n) is 7.60. The second-order valence-electron chi connectivity index (χ2n) is 5.53. The fourth-order valence-corrected chi connectivity index (χ4v) is 2.62. The Morgan fingerprint density at radius 2 is 2.08 bits per heavy atom. The number of imide groups is 1. The number of aliphatic hydroxyl groups is 1. The lowest BCUT2D eigenvalue weighted by Gasteiger charge is -2.16. The number of anilines is 1. The summed E-state index contributed by atoms with van der Waals surface area (Å²) in [7, 11) is 0. The number of aromatic nitrogens is 3. The van der Waals surface area contributed by atoms with Crippen LogP contribution in [0.2, 0.25) is 0 Å². The average molecular weight is 357 g/mol. The van der Waals surface area contributed by atoms with Crippen LogP contribution >= 0.6 is 0 Å². The third-order valence-corrected chi connectivity index (χ3v) is 3.83. The molecule has 0 aliphatic carbocycles. The van der Waals surface area contributed by atoms with Gasteiger partial charge < -0.3 is 15.5 Å². The van der Waals surface area contributed by atoms with E-state index < -0.39 is 17.8 Å². The zero-order valence-electron chi connectivity index (χ0n) is 13.7. The molecular formula is C16H15N5O5. The number of carbonyl (C=O) groups excluding carboxylic acids is 2. The number of carboxylic acid groups (broad SMARTS) is 1. The summed E-state index contributed by atoms with van der Waals surface area (Å²) >= 11 is 0. The molecule has 10 nitrogen and oxygen atoms in total. The van der Waals surface area contributed by atoms with Crippen molar-refractivity contribution in [2.45, 2.75) is 6.92 Å². The zero-order chi connectivity index (χ0) is 18.8. The Hall–Kier alpha value is -3.53. The summed E-state index contributed by atoms with van der Waals surface area (Å²) in [6.45, 7) is 1.18. The van der Waals surface area contributed by atoms with Crippen molar-refractivity contribution >= 4 is 23.5 Å². The van der Waals surface area contributed by atoms with E-state index in [0.29, 0.717) is 11.3 Å². The number of nitrogens with one attached hydrogen (secondary N) is 1. The van der Waals surface area contributed by atoms with Gasteiger partial charge in [0.1, 0.15) is 18.4 Å². The van der Waals surface area contributed by atoms with Gasteiger partial charge in [-0.2, -0.15) is 5.10 Å². The Kier molecular flexibility index (Phi) is 4.50. The van der Waals surface area contributed by atoms with Gasteiger partial charge >= 0.3 is 5.97 Å². The molecule has 0 atom stereocenters. The molecule has 134 valence electrons. The normalized spacial score (nSPS) is 13.9. The van der Waals surface area contributed by atoms with E-state index in [4.69, 9.17) is 5.11 Å². The first kappa shape index (κ1) is 17.3. The van der Waals surface area contributed by atoms with Crippen molar-refractivity contribution in [1.82, 2.24) is 19.7 Å². The molecule has 0 bridgehead atoms. The number of aliphatic hydroxyl groups excluding tert-OH is 1. The van der Waals surface area contributed by atoms with Crippen LogP contribution in [0.3, 0.4) is 0 Å². The highest BCUT2D eigenvalue weighted by molar-refractivity contribution is 6.18. The molecule has 0 saturated carbocycles. The predicted molar refractivity (Wildman–Crippen MR) is 88.6 cm³/mol. The summed E-state index contributed by atoms with van der Waals surface area (Å²) in [4.78, 5) is 40.5. The van der Waals surface area contributed by atoms with Gasteiger partial charge in [-0.1, -0.05) is 0 Å². The van der Waals surface area contributed by atoms with E-state index in [-0.39, 0.29) is 30.1 Å². The molecule has 0 saturated heterocycles. The fraction of sp³-hybridized carbons (Fsp3) is 0.188. The molecule has 0 spiro atoms. The molecule has 1 aliphatic rings. The Labute approximate surface area is 147 Å². The van der Waals surface area contributed by atoms with Crippen LogP contribution in [0, 0.1) is 6.92 Å². The van der Waals surface area contributed by atoms with Gasteiger partial charge in [0.15, 0.2) is 0 Å². The number of aromatic carboxylic acids is 1. The minimum Gasteiger partial charge on any atom is -0.478 e. The van der Waals surface area contributed by atoms with E-state index in [1.165, 1.54) is 23.4 Å². The maximum Gasteiger partial charge on any atom is 0.337 e. The smallest absolute Gasteiger partial charge is 0.337 e. The summed E-state index contributed by atoms with van der Waals surface area (Å²) in [6, 6.07) is 3.07. The van der Waals surface area contributed by atoms with Crippen molar-refractivity contribution in [3.05, 3.63) is 47.7 Å². The number of amides is 2. The van der Waals surface area contributed by atoms with E-state index in [0.717, 1.165) is 11.0 Å². The summed E-state index contributed by atoms with van der Waals surface area (Å²) in [5.41, 5.74) is 1.09. The standard InChI is InChI=1S/C16H15N5O5/c1-9-4-10(21-8-17-7-18-21)5-11(16(25)26)14(9)19-12-6-13(23)20(2-3-22)15(12)24/h4-8,19,22H,2-3H2,1H3,(H,25,26). The molecule has 3 N–H and O–H groups in total. The number of rotatable bonds is 6. The maximum absolute atomic E-state index is 12.2. The summed E-state index contributed by atoms with van der Waals surface area (Å²) in [5.74, 6) is -2.40. The van der Waals surface area contributed by atoms with E-state index in [1.807, 2.05) is 0 Å². The Morgan fingerprint density at radius 1 is 1.31 bits per heavy atom. The van der Waals surface area contributed by atoms with E-state index in [1.54, 1.807) is 13.0 Å². The first-order valence-corrected chi connectivity index (χ1v) is 7.60. The van der Waals surface area contributed by atoms with Crippen molar-refractivity contribution in [2.75, 3.05) is 18.5 Å². The number of nitrogens with zero attached hydrogens (tertiary/aromatic N) is 4. The summed E-state index contributed by atoms with van der Waals surface area (Å²) < 4.78 is 1.41. The van der Waals surface area contributed by atoms with Crippen LogP contribution in [0.1, 0.15) is 15.9 Å². The second-order valence-corrected chi connectivity index (χ2v) is 5.53. The highest BCUT2D eigenvalue weighted by Crippen LogP contribution is 2.27. The Morgan fingerprint density at radius 3 is 2.69 bits per heavy atom. The number of aryl methyl sites for hydroxylation is 1. The highest BCUT2D eigenvalue weighted by atomic mass is 16.4. The number of carbonyl (C=O) groups is 3. The van der Waals surface area contributed by atoms with Crippen molar-refractivity contribution < 1.29 is 24.6 Å². The van der Waals surface area contributed by atoms with Gasteiger partial charge in [-0.05, 0) is 24.6 Å². The third-order valence-electron chi connectivity index (χ3n) is 3.83. The summed E-state index contributed by atoms with van der Waals surface area (Å²) in [5, 5.41) is 25.2. The Bertz CT molecular complexity index is 919. The van der Waals surface area contributed by atoms with Crippen LogP contribution in [0.25, 0.3) is 5.69 Å². The van der Waals surface area contributed by atoms with Gasteiger partial charge in [0.25, 0.3) is 11.8 Å². The molecule has 1 aliphatic heterocycles. The second kappa shape index (κ2) is 6.76. The molecular weight excluding hydrogens is 342 g/mol. The minimum absolute atomic E-state index is 0.0532. The van der Waals surface area contributed by atoms with Crippen molar-refractivity contribution in [3.63, 3.8) is 0 Å². The fourth-order valence-electron chi connectivity index (χ4n) is 2.62. The van der Waals surface area contributed by atoms with Gasteiger partial charge in [0, 0.05) is 6.08 Å². The highest BCUT2D eigenvalue weighted by Gasteiger charge is 2.31. The predicted octanol–water partition coefficient (Wildman–Crippen LogP) is -0.0692. The van der Waals surface area contributed by atoms with Gasteiger partial charge in [-0.15, -0.1) is 0 Å². The minimum atomic E-state index is -1.21. The number of hydrogen-bond acceptors (Lipinski definition) is 7. The lowest BCUT2D eigenvalue weighted by atomic mass is 10.1. The zero-order valence-corrected chi connectivity index (χ0v) is 13.7. The number of carboxylic acids is 1. The molecule has 0 unspecified atom stereocenters. The van der Waals surface area contributed by atoms with Crippen LogP contribution in [0.4, 0.5) is 5.69 Å². The molecule has 10 heteroatoms. The molecule has 2 amide bonds. The molecule has 0 radical (unpaired) electrons. The Balaban J connectivity index is 1.98. The molecule has 3 rings (SSSR count). The molecule has 2 heterocycles. The van der Waals surface area contributed by atoms with Crippen molar-refractivity contribution in [1.29, 1.82) is 0 Å². The van der Waals surface area contributed by atoms with Crippen LogP contribution in [0.15, 0.2) is 36.6 Å². The van der Waals surface area contributed by atoms with Gasteiger partial charge in [-0.25, -0.2) is 14.5 Å². The van der Waals surface area contributed by atoms with Crippen molar-refractivity contribution in [2.24, 2.45) is 0 Å². The largest absolute Gasteiger partial charge is 0.478 e. The molecule has 0 fully saturated rings. The van der Waals surface area contributed by atoms with Gasteiger partial charge in [-0.3, -0.25) is 14.5 Å².